The molecular formula is C11H14N6O3. The Morgan fingerprint density at radius 2 is 2.10 bits per heavy atom. The number of azide groups is 1. The van der Waals surface area contributed by atoms with Crippen molar-refractivity contribution in [2.24, 2.45) is 11.0 Å². The van der Waals surface area contributed by atoms with E-state index in [1.807, 2.05) is 0 Å². The van der Waals surface area contributed by atoms with E-state index in [9.17, 15) is 4.79 Å². The molecule has 1 atom stereocenters. The van der Waals surface area contributed by atoms with Crippen LogP contribution in [0.1, 0.15) is 6.42 Å². The molecule has 0 aromatic carbocycles. The number of ether oxygens (including phenoxy) is 2. The monoisotopic (exact) mass is 278 g/mol. The first-order valence-electron chi connectivity index (χ1n) is 5.96. The van der Waals surface area contributed by atoms with Gasteiger partial charge in [0, 0.05) is 24.4 Å². The van der Waals surface area contributed by atoms with E-state index >= 15 is 0 Å². The average Bonchev–Trinajstić information content (AvgIpc) is 2.85. The standard InChI is InChI=1S/C11H14N6O3/c1-19-8-4-9(20-2)15-11(14-8)17-6-7(3-10(17)18)5-13-16-12/h4,7H,3,5-6H2,1-2H3. The van der Waals surface area contributed by atoms with Gasteiger partial charge in [0.1, 0.15) is 0 Å². The molecule has 1 saturated heterocycles. The number of aromatic nitrogens is 2. The van der Waals surface area contributed by atoms with E-state index in [4.69, 9.17) is 15.0 Å². The predicted octanol–water partition coefficient (Wildman–Crippen LogP) is 1.16. The maximum Gasteiger partial charge on any atom is 0.238 e. The van der Waals surface area contributed by atoms with Gasteiger partial charge in [0.05, 0.1) is 20.3 Å². The second-order valence-electron chi connectivity index (χ2n) is 4.24. The molecule has 0 bridgehead atoms. The van der Waals surface area contributed by atoms with E-state index < -0.39 is 0 Å². The van der Waals surface area contributed by atoms with Crippen LogP contribution in [0.15, 0.2) is 11.2 Å². The highest BCUT2D eigenvalue weighted by atomic mass is 16.5. The van der Waals surface area contributed by atoms with E-state index in [0.29, 0.717) is 24.7 Å². The fourth-order valence-corrected chi connectivity index (χ4v) is 1.97. The van der Waals surface area contributed by atoms with Gasteiger partial charge >= 0.3 is 0 Å². The maximum absolute atomic E-state index is 12.0. The first-order valence-corrected chi connectivity index (χ1v) is 5.96. The molecule has 0 radical (unpaired) electrons. The Labute approximate surface area is 115 Å². The number of amides is 1. The molecule has 1 fully saturated rings. The summed E-state index contributed by atoms with van der Waals surface area (Å²) in [7, 11) is 2.95. The van der Waals surface area contributed by atoms with Crippen LogP contribution in [-0.4, -0.2) is 43.2 Å². The van der Waals surface area contributed by atoms with Crippen LogP contribution in [0.4, 0.5) is 5.95 Å². The zero-order valence-corrected chi connectivity index (χ0v) is 11.2. The molecule has 1 aromatic heterocycles. The van der Waals surface area contributed by atoms with E-state index in [1.54, 1.807) is 0 Å². The van der Waals surface area contributed by atoms with Crippen molar-refractivity contribution < 1.29 is 14.3 Å². The van der Waals surface area contributed by atoms with Gasteiger partial charge in [0.2, 0.25) is 23.6 Å². The third-order valence-electron chi connectivity index (χ3n) is 2.94. The normalized spacial score (nSPS) is 17.8. The first-order chi connectivity index (χ1) is 9.67. The Kier molecular flexibility index (Phi) is 4.21. The SMILES string of the molecule is COc1cc(OC)nc(N2CC(CN=[N+]=[N-])CC2=O)n1. The van der Waals surface area contributed by atoms with Gasteiger partial charge in [0.15, 0.2) is 0 Å². The zero-order chi connectivity index (χ0) is 14.5. The third kappa shape index (κ3) is 2.89. The van der Waals surface area contributed by atoms with E-state index in [-0.39, 0.29) is 24.3 Å². The number of rotatable bonds is 5. The molecular weight excluding hydrogens is 264 g/mol. The Bertz CT molecular complexity index is 535. The molecule has 0 N–H and O–H groups in total. The molecule has 2 rings (SSSR count). The smallest absolute Gasteiger partial charge is 0.238 e. The first kappa shape index (κ1) is 13.9. The van der Waals surface area contributed by atoms with Gasteiger partial charge in [-0.25, -0.2) is 0 Å². The van der Waals surface area contributed by atoms with Crippen LogP contribution in [0.3, 0.4) is 0 Å². The van der Waals surface area contributed by atoms with Gasteiger partial charge in [-0.15, -0.1) is 0 Å². The fourth-order valence-electron chi connectivity index (χ4n) is 1.97. The minimum atomic E-state index is -0.113. The molecule has 1 aliphatic heterocycles. The number of carbonyl (C=O) groups excluding carboxylic acids is 1. The Hall–Kier alpha value is -2.54. The van der Waals surface area contributed by atoms with Gasteiger partial charge < -0.3 is 9.47 Å². The minimum Gasteiger partial charge on any atom is -0.481 e. The molecule has 2 heterocycles. The lowest BCUT2D eigenvalue weighted by molar-refractivity contribution is -0.117. The summed E-state index contributed by atoms with van der Waals surface area (Å²) in [5.41, 5.74) is 8.31. The third-order valence-corrected chi connectivity index (χ3v) is 2.94. The van der Waals surface area contributed by atoms with Gasteiger partial charge in [-0.05, 0) is 11.4 Å². The highest BCUT2D eigenvalue weighted by Gasteiger charge is 2.32. The average molecular weight is 278 g/mol. The van der Waals surface area contributed by atoms with Crippen molar-refractivity contribution in [2.75, 3.05) is 32.2 Å². The summed E-state index contributed by atoms with van der Waals surface area (Å²) in [6.45, 7) is 0.689. The summed E-state index contributed by atoms with van der Waals surface area (Å²) >= 11 is 0. The van der Waals surface area contributed by atoms with Crippen molar-refractivity contribution in [3.63, 3.8) is 0 Å². The highest BCUT2D eigenvalue weighted by molar-refractivity contribution is 5.94. The number of nitrogens with zero attached hydrogens (tertiary/aromatic N) is 6. The summed E-state index contributed by atoms with van der Waals surface area (Å²) in [4.78, 5) is 24.4. The van der Waals surface area contributed by atoms with Gasteiger partial charge in [-0.3, -0.25) is 9.69 Å². The molecule has 20 heavy (non-hydrogen) atoms. The summed E-state index contributed by atoms with van der Waals surface area (Å²) in [5, 5.41) is 3.50. The van der Waals surface area contributed by atoms with Gasteiger partial charge in [0.25, 0.3) is 0 Å². The van der Waals surface area contributed by atoms with Crippen molar-refractivity contribution >= 4 is 11.9 Å². The highest BCUT2D eigenvalue weighted by Crippen LogP contribution is 2.26. The van der Waals surface area contributed by atoms with E-state index in [1.165, 1.54) is 25.2 Å². The van der Waals surface area contributed by atoms with Crippen molar-refractivity contribution in [3.05, 3.63) is 16.5 Å². The molecule has 9 nitrogen and oxygen atoms in total. The van der Waals surface area contributed by atoms with Gasteiger partial charge in [-0.1, -0.05) is 5.11 Å². The van der Waals surface area contributed by atoms with E-state index in [0.717, 1.165) is 0 Å². The molecule has 0 aliphatic carbocycles. The molecule has 1 aliphatic rings. The number of hydrogen-bond acceptors (Lipinski definition) is 6. The summed E-state index contributed by atoms with van der Waals surface area (Å²) in [6.07, 6.45) is 0.307. The van der Waals surface area contributed by atoms with Crippen molar-refractivity contribution in [1.82, 2.24) is 9.97 Å². The fraction of sp³-hybridized carbons (Fsp3) is 0.545. The number of hydrogen-bond donors (Lipinski definition) is 0. The molecule has 1 aromatic rings. The summed E-state index contributed by atoms with van der Waals surface area (Å²) in [6, 6.07) is 1.53. The molecule has 0 saturated carbocycles. The van der Waals surface area contributed by atoms with Crippen LogP contribution in [0.25, 0.3) is 10.4 Å². The van der Waals surface area contributed by atoms with Crippen LogP contribution in [-0.2, 0) is 4.79 Å². The zero-order valence-electron chi connectivity index (χ0n) is 11.2. The number of carbonyl (C=O) groups is 1. The largest absolute Gasteiger partial charge is 0.481 e. The second-order valence-corrected chi connectivity index (χ2v) is 4.24. The van der Waals surface area contributed by atoms with Crippen molar-refractivity contribution in [1.29, 1.82) is 0 Å². The van der Waals surface area contributed by atoms with E-state index in [2.05, 4.69) is 20.0 Å². The topological polar surface area (TPSA) is 113 Å². The maximum atomic E-state index is 12.0. The Morgan fingerprint density at radius 1 is 1.45 bits per heavy atom. The minimum absolute atomic E-state index is 0.0285. The quantitative estimate of drug-likeness (QED) is 0.455. The lowest BCUT2D eigenvalue weighted by Crippen LogP contribution is -2.27. The van der Waals surface area contributed by atoms with Crippen LogP contribution in [0.2, 0.25) is 0 Å². The van der Waals surface area contributed by atoms with Crippen molar-refractivity contribution in [2.45, 2.75) is 6.42 Å². The Balaban J connectivity index is 2.22. The number of anilines is 1. The lowest BCUT2D eigenvalue weighted by atomic mass is 10.1. The summed E-state index contributed by atoms with van der Waals surface area (Å²) in [5.74, 6) is 0.726. The number of methoxy groups -OCH3 is 2. The van der Waals surface area contributed by atoms with Crippen LogP contribution in [0.5, 0.6) is 11.8 Å². The molecule has 1 unspecified atom stereocenters. The second kappa shape index (κ2) is 6.07. The molecule has 106 valence electrons. The summed E-state index contributed by atoms with van der Waals surface area (Å²) < 4.78 is 10.1. The van der Waals surface area contributed by atoms with Crippen molar-refractivity contribution in [3.8, 4) is 11.8 Å². The molecule has 1 amide bonds. The molecule has 9 heteroatoms. The predicted molar refractivity (Wildman–Crippen MR) is 69.6 cm³/mol. The van der Waals surface area contributed by atoms with Crippen LogP contribution in [0, 0.1) is 5.92 Å². The molecule has 0 spiro atoms. The van der Waals surface area contributed by atoms with Crippen LogP contribution >= 0.6 is 0 Å². The lowest BCUT2D eigenvalue weighted by Gasteiger charge is -2.15. The van der Waals surface area contributed by atoms with Crippen LogP contribution < -0.4 is 14.4 Å². The van der Waals surface area contributed by atoms with Gasteiger partial charge in [-0.2, -0.15) is 9.97 Å². The Morgan fingerprint density at radius 3 is 2.65 bits per heavy atom.